The molecule has 0 aliphatic carbocycles. The lowest BCUT2D eigenvalue weighted by Gasteiger charge is -2.16. The van der Waals surface area contributed by atoms with Crippen LogP contribution in [0.15, 0.2) is 36.4 Å². The van der Waals surface area contributed by atoms with Crippen molar-refractivity contribution in [2.45, 2.75) is 26.9 Å². The Bertz CT molecular complexity index is 770. The maximum absolute atomic E-state index is 12.3. The molecule has 0 saturated carbocycles. The topological polar surface area (TPSA) is 81.4 Å². The van der Waals surface area contributed by atoms with Crippen molar-refractivity contribution in [1.82, 2.24) is 0 Å². The van der Waals surface area contributed by atoms with Gasteiger partial charge in [-0.15, -0.1) is 0 Å². The molecule has 0 aliphatic heterocycles. The largest absolute Gasteiger partial charge is 0.449 e. The van der Waals surface area contributed by atoms with Gasteiger partial charge in [0, 0.05) is 5.69 Å². The second-order valence-electron chi connectivity index (χ2n) is 5.54. The van der Waals surface area contributed by atoms with Crippen molar-refractivity contribution in [2.75, 3.05) is 11.1 Å². The summed E-state index contributed by atoms with van der Waals surface area (Å²) in [5, 5.41) is 3.15. The highest BCUT2D eigenvalue weighted by molar-refractivity contribution is 6.33. The van der Waals surface area contributed by atoms with Gasteiger partial charge in [-0.3, -0.25) is 4.79 Å². The van der Waals surface area contributed by atoms with E-state index in [2.05, 4.69) is 5.32 Å². The molecule has 0 saturated heterocycles. The molecule has 0 spiro atoms. The second-order valence-corrected chi connectivity index (χ2v) is 5.95. The highest BCUT2D eigenvalue weighted by atomic mass is 35.5. The molecule has 126 valence electrons. The van der Waals surface area contributed by atoms with E-state index in [4.69, 9.17) is 22.1 Å². The molecule has 0 aromatic heterocycles. The van der Waals surface area contributed by atoms with Crippen molar-refractivity contribution in [3.63, 3.8) is 0 Å². The molecule has 1 amide bonds. The minimum atomic E-state index is -0.951. The third-order valence-electron chi connectivity index (χ3n) is 3.61. The quantitative estimate of drug-likeness (QED) is 0.653. The molecule has 1 unspecified atom stereocenters. The normalized spacial score (nSPS) is 11.7. The van der Waals surface area contributed by atoms with Gasteiger partial charge < -0.3 is 15.8 Å². The van der Waals surface area contributed by atoms with Gasteiger partial charge in [0.05, 0.1) is 16.3 Å². The van der Waals surface area contributed by atoms with Gasteiger partial charge in [-0.1, -0.05) is 29.8 Å². The monoisotopic (exact) mass is 346 g/mol. The van der Waals surface area contributed by atoms with Crippen molar-refractivity contribution in [3.8, 4) is 0 Å². The lowest BCUT2D eigenvalue weighted by atomic mass is 10.1. The van der Waals surface area contributed by atoms with E-state index in [0.29, 0.717) is 5.02 Å². The number of carbonyl (C=O) groups is 2. The fourth-order valence-electron chi connectivity index (χ4n) is 2.19. The highest BCUT2D eigenvalue weighted by Gasteiger charge is 2.20. The van der Waals surface area contributed by atoms with Crippen LogP contribution in [0.5, 0.6) is 0 Å². The number of para-hydroxylation sites is 1. The van der Waals surface area contributed by atoms with Crippen LogP contribution in [0.2, 0.25) is 5.02 Å². The number of nitrogen functional groups attached to an aromatic ring is 1. The van der Waals surface area contributed by atoms with Crippen molar-refractivity contribution in [3.05, 3.63) is 58.1 Å². The summed E-state index contributed by atoms with van der Waals surface area (Å²) in [6, 6.07) is 10.1. The van der Waals surface area contributed by atoms with Gasteiger partial charge >= 0.3 is 5.97 Å². The number of hydrogen-bond donors (Lipinski definition) is 2. The maximum Gasteiger partial charge on any atom is 0.338 e. The van der Waals surface area contributed by atoms with Crippen LogP contribution in [0, 0.1) is 13.8 Å². The molecule has 5 nitrogen and oxygen atoms in total. The molecule has 2 rings (SSSR count). The zero-order valence-corrected chi connectivity index (χ0v) is 14.5. The molecule has 0 heterocycles. The van der Waals surface area contributed by atoms with E-state index in [1.807, 2.05) is 32.0 Å². The smallest absolute Gasteiger partial charge is 0.338 e. The molecule has 3 N–H and O–H groups in total. The average Bonchev–Trinajstić information content (AvgIpc) is 2.53. The predicted molar refractivity (Wildman–Crippen MR) is 95.3 cm³/mol. The zero-order valence-electron chi connectivity index (χ0n) is 13.7. The van der Waals surface area contributed by atoms with E-state index >= 15 is 0 Å². The Morgan fingerprint density at radius 2 is 1.79 bits per heavy atom. The van der Waals surface area contributed by atoms with Gasteiger partial charge in [-0.2, -0.15) is 0 Å². The summed E-state index contributed by atoms with van der Waals surface area (Å²) in [6.45, 7) is 5.31. The fraction of sp³-hybridized carbons (Fsp3) is 0.222. The lowest BCUT2D eigenvalue weighted by Crippen LogP contribution is -2.30. The first-order valence-corrected chi connectivity index (χ1v) is 7.80. The van der Waals surface area contributed by atoms with Gasteiger partial charge in [-0.25, -0.2) is 4.79 Å². The second kappa shape index (κ2) is 7.36. The van der Waals surface area contributed by atoms with Gasteiger partial charge in [0.25, 0.3) is 5.91 Å². The third kappa shape index (κ3) is 4.06. The number of hydrogen-bond acceptors (Lipinski definition) is 4. The number of anilines is 2. The number of rotatable bonds is 4. The van der Waals surface area contributed by atoms with Gasteiger partial charge in [0.2, 0.25) is 0 Å². The summed E-state index contributed by atoms with van der Waals surface area (Å²) in [7, 11) is 0. The van der Waals surface area contributed by atoms with Crippen LogP contribution in [0.3, 0.4) is 0 Å². The summed E-state index contributed by atoms with van der Waals surface area (Å²) in [5.74, 6) is -1.04. The molecular weight excluding hydrogens is 328 g/mol. The van der Waals surface area contributed by atoms with Gasteiger partial charge in [-0.05, 0) is 50.1 Å². The highest BCUT2D eigenvalue weighted by Crippen LogP contribution is 2.21. The number of ether oxygens (including phenoxy) is 1. The molecular formula is C18H19ClN2O3. The standard InChI is InChI=1S/C18H19ClN2O3/c1-10-5-4-6-11(2)16(10)21-17(22)12(3)24-18(23)13-7-8-14(19)15(20)9-13/h4-9,12H,20H2,1-3H3,(H,21,22). The van der Waals surface area contributed by atoms with E-state index in [1.54, 1.807) is 0 Å². The molecule has 0 fully saturated rings. The summed E-state index contributed by atoms with van der Waals surface area (Å²) in [4.78, 5) is 24.4. The fourth-order valence-corrected chi connectivity index (χ4v) is 2.31. The third-order valence-corrected chi connectivity index (χ3v) is 3.96. The van der Waals surface area contributed by atoms with Gasteiger partial charge in [0.1, 0.15) is 0 Å². The number of amides is 1. The van der Waals surface area contributed by atoms with Crippen LogP contribution in [-0.4, -0.2) is 18.0 Å². The number of nitrogens with one attached hydrogen (secondary N) is 1. The molecule has 0 radical (unpaired) electrons. The number of halogens is 1. The molecule has 0 bridgehead atoms. The number of nitrogens with two attached hydrogens (primary N) is 1. The predicted octanol–water partition coefficient (Wildman–Crippen LogP) is 3.72. The van der Waals surface area contributed by atoms with E-state index in [9.17, 15) is 9.59 Å². The Hall–Kier alpha value is -2.53. The minimum absolute atomic E-state index is 0.239. The lowest BCUT2D eigenvalue weighted by molar-refractivity contribution is -0.123. The Kier molecular flexibility index (Phi) is 5.46. The molecule has 24 heavy (non-hydrogen) atoms. The Morgan fingerprint density at radius 3 is 2.38 bits per heavy atom. The molecule has 6 heteroatoms. The number of carbonyl (C=O) groups excluding carboxylic acids is 2. The van der Waals surface area contributed by atoms with Crippen molar-refractivity contribution >= 4 is 34.9 Å². The number of esters is 1. The average molecular weight is 347 g/mol. The first-order chi connectivity index (χ1) is 11.3. The van der Waals surface area contributed by atoms with Crippen LogP contribution < -0.4 is 11.1 Å². The first kappa shape index (κ1) is 17.8. The van der Waals surface area contributed by atoms with Crippen molar-refractivity contribution in [1.29, 1.82) is 0 Å². The van der Waals surface area contributed by atoms with Crippen LogP contribution in [-0.2, 0) is 9.53 Å². The zero-order chi connectivity index (χ0) is 17.9. The van der Waals surface area contributed by atoms with Crippen LogP contribution >= 0.6 is 11.6 Å². The van der Waals surface area contributed by atoms with E-state index < -0.39 is 18.0 Å². The van der Waals surface area contributed by atoms with E-state index in [0.717, 1.165) is 16.8 Å². The van der Waals surface area contributed by atoms with Gasteiger partial charge in [0.15, 0.2) is 6.10 Å². The maximum atomic E-state index is 12.3. The summed E-state index contributed by atoms with van der Waals surface area (Å²) in [6.07, 6.45) is -0.951. The summed E-state index contributed by atoms with van der Waals surface area (Å²) >= 11 is 5.82. The summed E-state index contributed by atoms with van der Waals surface area (Å²) < 4.78 is 5.20. The van der Waals surface area contributed by atoms with Crippen molar-refractivity contribution < 1.29 is 14.3 Å². The minimum Gasteiger partial charge on any atom is -0.449 e. The van der Waals surface area contributed by atoms with Crippen LogP contribution in [0.25, 0.3) is 0 Å². The number of benzene rings is 2. The van der Waals surface area contributed by atoms with E-state index in [1.165, 1.54) is 25.1 Å². The summed E-state index contributed by atoms with van der Waals surface area (Å²) in [5.41, 5.74) is 8.78. The Labute approximate surface area is 145 Å². The Morgan fingerprint density at radius 1 is 1.17 bits per heavy atom. The van der Waals surface area contributed by atoms with E-state index in [-0.39, 0.29) is 11.3 Å². The van der Waals surface area contributed by atoms with Crippen LogP contribution in [0.1, 0.15) is 28.4 Å². The molecule has 0 aliphatic rings. The molecule has 2 aromatic rings. The molecule has 2 aromatic carbocycles. The van der Waals surface area contributed by atoms with Crippen molar-refractivity contribution in [2.24, 2.45) is 0 Å². The Balaban J connectivity index is 2.05. The molecule has 1 atom stereocenters. The first-order valence-electron chi connectivity index (χ1n) is 7.42. The number of aryl methyl sites for hydroxylation is 2. The van der Waals surface area contributed by atoms with Crippen LogP contribution in [0.4, 0.5) is 11.4 Å². The SMILES string of the molecule is Cc1cccc(C)c1NC(=O)C(C)OC(=O)c1ccc(Cl)c(N)c1.